The van der Waals surface area contributed by atoms with E-state index in [0.717, 1.165) is 5.92 Å². The van der Waals surface area contributed by atoms with Gasteiger partial charge < -0.3 is 10.0 Å². The smallest absolute Gasteiger partial charge is 0.307 e. The van der Waals surface area contributed by atoms with Crippen LogP contribution in [0.25, 0.3) is 0 Å². The zero-order chi connectivity index (χ0) is 13.5. The second-order valence-corrected chi connectivity index (χ2v) is 6.00. The summed E-state index contributed by atoms with van der Waals surface area (Å²) in [7, 11) is 2.09. The van der Waals surface area contributed by atoms with Gasteiger partial charge in [0.2, 0.25) is 0 Å². The molecule has 0 spiro atoms. The van der Waals surface area contributed by atoms with Gasteiger partial charge in [-0.1, -0.05) is 39.5 Å². The fourth-order valence-corrected chi connectivity index (χ4v) is 3.16. The molecule has 0 aromatic rings. The van der Waals surface area contributed by atoms with Gasteiger partial charge in [-0.3, -0.25) is 4.79 Å². The Hall–Kier alpha value is -0.570. The summed E-state index contributed by atoms with van der Waals surface area (Å²) in [5, 5.41) is 8.97. The summed E-state index contributed by atoms with van der Waals surface area (Å²) in [6.45, 7) is 4.75. The molecule has 3 heteroatoms. The average molecular weight is 255 g/mol. The topological polar surface area (TPSA) is 40.5 Å². The molecule has 1 aliphatic carbocycles. The van der Waals surface area contributed by atoms with Gasteiger partial charge in [0.05, 0.1) is 5.92 Å². The third kappa shape index (κ3) is 4.97. The summed E-state index contributed by atoms with van der Waals surface area (Å²) < 4.78 is 0. The van der Waals surface area contributed by atoms with Gasteiger partial charge in [0, 0.05) is 12.6 Å². The summed E-state index contributed by atoms with van der Waals surface area (Å²) in [5.74, 6) is -0.0330. The number of aliphatic carboxylic acids is 1. The fraction of sp³-hybridized carbons (Fsp3) is 0.933. The Morgan fingerprint density at radius 2 is 2.06 bits per heavy atom. The predicted octanol–water partition coefficient (Wildman–Crippen LogP) is 3.39. The lowest BCUT2D eigenvalue weighted by atomic mass is 9.95. The van der Waals surface area contributed by atoms with E-state index in [1.807, 2.05) is 0 Å². The third-order valence-corrected chi connectivity index (χ3v) is 4.36. The fourth-order valence-electron chi connectivity index (χ4n) is 3.16. The summed E-state index contributed by atoms with van der Waals surface area (Å²) >= 11 is 0. The van der Waals surface area contributed by atoms with E-state index >= 15 is 0 Å². The molecule has 0 aromatic carbocycles. The number of hydrogen-bond acceptors (Lipinski definition) is 2. The second-order valence-electron chi connectivity index (χ2n) is 6.00. The van der Waals surface area contributed by atoms with Crippen LogP contribution in [0.4, 0.5) is 0 Å². The number of carboxylic acid groups (broad SMARTS) is 1. The SMILES string of the molecule is CCCC1CCCC(N(C)CC(C)C(=O)O)CC1. The zero-order valence-electron chi connectivity index (χ0n) is 12.2. The molecule has 0 bridgehead atoms. The van der Waals surface area contributed by atoms with Crippen LogP contribution in [0.2, 0.25) is 0 Å². The Bertz CT molecular complexity index is 255. The molecule has 1 saturated carbocycles. The molecule has 0 amide bonds. The molecule has 1 N–H and O–H groups in total. The van der Waals surface area contributed by atoms with Crippen LogP contribution in [0.1, 0.15) is 58.8 Å². The molecule has 3 atom stereocenters. The first kappa shape index (κ1) is 15.5. The molecule has 106 valence electrons. The first-order chi connectivity index (χ1) is 8.54. The maximum absolute atomic E-state index is 10.9. The standard InChI is InChI=1S/C15H29NO2/c1-4-6-13-7-5-8-14(10-9-13)16(3)11-12(2)15(17)18/h12-14H,4-11H2,1-3H3,(H,17,18). The molecule has 3 unspecified atom stereocenters. The number of nitrogens with zero attached hydrogens (tertiary/aromatic N) is 1. The number of carbonyl (C=O) groups is 1. The van der Waals surface area contributed by atoms with Crippen LogP contribution in [0.15, 0.2) is 0 Å². The lowest BCUT2D eigenvalue weighted by molar-refractivity contribution is -0.141. The van der Waals surface area contributed by atoms with Crippen LogP contribution >= 0.6 is 0 Å². The zero-order valence-corrected chi connectivity index (χ0v) is 12.2. The van der Waals surface area contributed by atoms with Crippen LogP contribution in [-0.4, -0.2) is 35.6 Å². The van der Waals surface area contributed by atoms with E-state index in [-0.39, 0.29) is 5.92 Å². The van der Waals surface area contributed by atoms with Gasteiger partial charge in [0.15, 0.2) is 0 Å². The van der Waals surface area contributed by atoms with Gasteiger partial charge in [0.1, 0.15) is 0 Å². The van der Waals surface area contributed by atoms with Crippen molar-refractivity contribution < 1.29 is 9.90 Å². The third-order valence-electron chi connectivity index (χ3n) is 4.36. The molecule has 1 rings (SSSR count). The van der Waals surface area contributed by atoms with Crippen LogP contribution in [0.3, 0.4) is 0 Å². The van der Waals surface area contributed by atoms with E-state index < -0.39 is 5.97 Å². The van der Waals surface area contributed by atoms with E-state index in [9.17, 15) is 4.79 Å². The van der Waals surface area contributed by atoms with Crippen molar-refractivity contribution >= 4 is 5.97 Å². The van der Waals surface area contributed by atoms with E-state index in [1.54, 1.807) is 6.92 Å². The van der Waals surface area contributed by atoms with Crippen molar-refractivity contribution in [2.45, 2.75) is 64.8 Å². The molecule has 0 aliphatic heterocycles. The van der Waals surface area contributed by atoms with Crippen molar-refractivity contribution in [3.63, 3.8) is 0 Å². The van der Waals surface area contributed by atoms with E-state index in [4.69, 9.17) is 5.11 Å². The molecule has 18 heavy (non-hydrogen) atoms. The summed E-state index contributed by atoms with van der Waals surface area (Å²) in [6.07, 6.45) is 9.14. The second kappa shape index (κ2) is 7.78. The maximum atomic E-state index is 10.9. The molecular formula is C15H29NO2. The summed E-state index contributed by atoms with van der Waals surface area (Å²) in [4.78, 5) is 13.2. The van der Waals surface area contributed by atoms with Gasteiger partial charge in [-0.2, -0.15) is 0 Å². The van der Waals surface area contributed by atoms with E-state index in [0.29, 0.717) is 12.6 Å². The number of rotatable bonds is 6. The van der Waals surface area contributed by atoms with Crippen molar-refractivity contribution in [1.82, 2.24) is 4.90 Å². The van der Waals surface area contributed by atoms with Crippen LogP contribution in [0.5, 0.6) is 0 Å². The predicted molar refractivity (Wildman–Crippen MR) is 74.7 cm³/mol. The molecule has 0 heterocycles. The van der Waals surface area contributed by atoms with Crippen molar-refractivity contribution in [1.29, 1.82) is 0 Å². The lowest BCUT2D eigenvalue weighted by Crippen LogP contribution is -2.36. The maximum Gasteiger partial charge on any atom is 0.307 e. The van der Waals surface area contributed by atoms with E-state index in [2.05, 4.69) is 18.9 Å². The largest absolute Gasteiger partial charge is 0.481 e. The Morgan fingerprint density at radius 1 is 1.33 bits per heavy atom. The monoisotopic (exact) mass is 255 g/mol. The van der Waals surface area contributed by atoms with Gasteiger partial charge >= 0.3 is 5.97 Å². The quantitative estimate of drug-likeness (QED) is 0.740. The van der Waals surface area contributed by atoms with Crippen LogP contribution in [0, 0.1) is 11.8 Å². The minimum absolute atomic E-state index is 0.260. The summed E-state index contributed by atoms with van der Waals surface area (Å²) in [5.41, 5.74) is 0. The normalized spacial score (nSPS) is 26.9. The van der Waals surface area contributed by atoms with Gasteiger partial charge in [-0.25, -0.2) is 0 Å². The molecule has 1 aliphatic rings. The van der Waals surface area contributed by atoms with Crippen molar-refractivity contribution in [2.75, 3.05) is 13.6 Å². The molecule has 0 radical (unpaired) electrons. The highest BCUT2D eigenvalue weighted by molar-refractivity contribution is 5.69. The van der Waals surface area contributed by atoms with Crippen molar-refractivity contribution in [3.8, 4) is 0 Å². The number of carboxylic acids is 1. The van der Waals surface area contributed by atoms with Crippen molar-refractivity contribution in [3.05, 3.63) is 0 Å². The number of hydrogen-bond donors (Lipinski definition) is 1. The Labute approximate surface area is 112 Å². The first-order valence-electron chi connectivity index (χ1n) is 7.47. The van der Waals surface area contributed by atoms with Gasteiger partial charge in [-0.05, 0) is 32.2 Å². The Balaban J connectivity index is 2.39. The molecular weight excluding hydrogens is 226 g/mol. The van der Waals surface area contributed by atoms with E-state index in [1.165, 1.54) is 44.9 Å². The highest BCUT2D eigenvalue weighted by Crippen LogP contribution is 2.28. The molecule has 0 saturated heterocycles. The first-order valence-corrected chi connectivity index (χ1v) is 7.47. The Morgan fingerprint density at radius 3 is 2.67 bits per heavy atom. The van der Waals surface area contributed by atoms with Crippen LogP contribution in [-0.2, 0) is 4.79 Å². The average Bonchev–Trinajstić information content (AvgIpc) is 2.55. The molecule has 0 aromatic heterocycles. The van der Waals surface area contributed by atoms with Crippen LogP contribution < -0.4 is 0 Å². The minimum atomic E-state index is -0.681. The van der Waals surface area contributed by atoms with Gasteiger partial charge in [-0.15, -0.1) is 0 Å². The minimum Gasteiger partial charge on any atom is -0.481 e. The molecule has 3 nitrogen and oxygen atoms in total. The summed E-state index contributed by atoms with van der Waals surface area (Å²) in [6, 6.07) is 0.591. The molecule has 1 fully saturated rings. The van der Waals surface area contributed by atoms with Crippen molar-refractivity contribution in [2.24, 2.45) is 11.8 Å². The highest BCUT2D eigenvalue weighted by atomic mass is 16.4. The lowest BCUT2D eigenvalue weighted by Gasteiger charge is -2.28. The Kier molecular flexibility index (Phi) is 6.69. The van der Waals surface area contributed by atoms with Gasteiger partial charge in [0.25, 0.3) is 0 Å². The highest BCUT2D eigenvalue weighted by Gasteiger charge is 2.23.